The third kappa shape index (κ3) is 1.80. The van der Waals surface area contributed by atoms with Gasteiger partial charge in [-0.25, -0.2) is 0 Å². The van der Waals surface area contributed by atoms with Crippen molar-refractivity contribution < 1.29 is 0 Å². The first kappa shape index (κ1) is 8.52. The van der Waals surface area contributed by atoms with E-state index in [2.05, 4.69) is 17.1 Å². The predicted octanol–water partition coefficient (Wildman–Crippen LogP) is 1.22. The molecule has 70 valence electrons. The minimum absolute atomic E-state index is 0.435. The Morgan fingerprint density at radius 2 is 2.00 bits per heavy atom. The van der Waals surface area contributed by atoms with Crippen molar-refractivity contribution in [2.75, 3.05) is 26.2 Å². The maximum Gasteiger partial charge on any atom is 0.0280 e. The number of hydrogen-bond donors (Lipinski definition) is 1. The van der Waals surface area contributed by atoms with Gasteiger partial charge in [0.25, 0.3) is 0 Å². The Balaban J connectivity index is 1.83. The summed E-state index contributed by atoms with van der Waals surface area (Å²) in [7, 11) is 0. The van der Waals surface area contributed by atoms with E-state index in [1.54, 1.807) is 0 Å². The van der Waals surface area contributed by atoms with Crippen molar-refractivity contribution in [3.63, 3.8) is 0 Å². The summed E-state index contributed by atoms with van der Waals surface area (Å²) >= 11 is 0. The van der Waals surface area contributed by atoms with Crippen molar-refractivity contribution in [2.45, 2.75) is 38.1 Å². The molecule has 2 rings (SSSR count). The van der Waals surface area contributed by atoms with E-state index in [0.717, 1.165) is 0 Å². The van der Waals surface area contributed by atoms with E-state index < -0.39 is 0 Å². The van der Waals surface area contributed by atoms with Crippen LogP contribution in [0.2, 0.25) is 0 Å². The number of nitrogens with one attached hydrogen (secondary N) is 1. The molecule has 0 radical (unpaired) electrons. The lowest BCUT2D eigenvalue weighted by Gasteiger charge is -2.29. The van der Waals surface area contributed by atoms with Crippen molar-refractivity contribution >= 4 is 0 Å². The molecule has 2 aliphatic rings. The Hall–Kier alpha value is -0.0800. The molecule has 12 heavy (non-hydrogen) atoms. The normalized spacial score (nSPS) is 37.8. The SMILES string of the molecule is C[C@@]1(CN2CCCC2)CCCN1. The van der Waals surface area contributed by atoms with Crippen LogP contribution in [0.25, 0.3) is 0 Å². The predicted molar refractivity (Wildman–Crippen MR) is 51.3 cm³/mol. The molecule has 0 spiro atoms. The summed E-state index contributed by atoms with van der Waals surface area (Å²) in [6, 6.07) is 0. The van der Waals surface area contributed by atoms with Gasteiger partial charge in [0.15, 0.2) is 0 Å². The van der Waals surface area contributed by atoms with Crippen LogP contribution < -0.4 is 5.32 Å². The fourth-order valence-corrected chi connectivity index (χ4v) is 2.53. The quantitative estimate of drug-likeness (QED) is 0.667. The Morgan fingerprint density at radius 3 is 2.58 bits per heavy atom. The van der Waals surface area contributed by atoms with Crippen molar-refractivity contribution in [2.24, 2.45) is 0 Å². The molecule has 2 heterocycles. The highest BCUT2D eigenvalue weighted by Crippen LogP contribution is 2.21. The van der Waals surface area contributed by atoms with E-state index in [4.69, 9.17) is 0 Å². The summed E-state index contributed by atoms with van der Waals surface area (Å²) in [4.78, 5) is 2.61. The molecule has 0 saturated carbocycles. The first-order chi connectivity index (χ1) is 5.79. The molecule has 0 aromatic carbocycles. The molecule has 2 aliphatic heterocycles. The molecular weight excluding hydrogens is 148 g/mol. The number of hydrogen-bond acceptors (Lipinski definition) is 2. The summed E-state index contributed by atoms with van der Waals surface area (Å²) in [6.45, 7) is 7.53. The lowest BCUT2D eigenvalue weighted by molar-refractivity contribution is 0.240. The van der Waals surface area contributed by atoms with E-state index in [-0.39, 0.29) is 0 Å². The monoisotopic (exact) mass is 168 g/mol. The Labute approximate surface area is 75.3 Å². The molecule has 1 N–H and O–H groups in total. The van der Waals surface area contributed by atoms with Gasteiger partial charge in [0.05, 0.1) is 0 Å². The van der Waals surface area contributed by atoms with Crippen LogP contribution in [0.3, 0.4) is 0 Å². The average Bonchev–Trinajstić information content (AvgIpc) is 2.62. The van der Waals surface area contributed by atoms with Gasteiger partial charge < -0.3 is 10.2 Å². The standard InChI is InChI=1S/C10H20N2/c1-10(5-4-6-11-10)9-12-7-2-3-8-12/h11H,2-9H2,1H3/t10-/m0/s1. The maximum atomic E-state index is 3.62. The maximum absolute atomic E-state index is 3.62. The highest BCUT2D eigenvalue weighted by Gasteiger charge is 2.30. The van der Waals surface area contributed by atoms with Crippen LogP contribution in [0, 0.1) is 0 Å². The van der Waals surface area contributed by atoms with Crippen LogP contribution in [-0.4, -0.2) is 36.6 Å². The smallest absolute Gasteiger partial charge is 0.0280 e. The average molecular weight is 168 g/mol. The van der Waals surface area contributed by atoms with E-state index in [1.165, 1.54) is 51.9 Å². The van der Waals surface area contributed by atoms with Gasteiger partial charge in [-0.05, 0) is 52.2 Å². The fraction of sp³-hybridized carbons (Fsp3) is 1.00. The van der Waals surface area contributed by atoms with Crippen molar-refractivity contribution in [3.05, 3.63) is 0 Å². The van der Waals surface area contributed by atoms with Crippen molar-refractivity contribution in [1.82, 2.24) is 10.2 Å². The molecule has 2 saturated heterocycles. The highest BCUT2D eigenvalue weighted by atomic mass is 15.2. The molecule has 0 aromatic rings. The summed E-state index contributed by atoms with van der Waals surface area (Å²) in [5.74, 6) is 0. The largest absolute Gasteiger partial charge is 0.310 e. The summed E-state index contributed by atoms with van der Waals surface area (Å²) in [5.41, 5.74) is 0.435. The van der Waals surface area contributed by atoms with Crippen molar-refractivity contribution in [3.8, 4) is 0 Å². The van der Waals surface area contributed by atoms with Crippen LogP contribution in [0.5, 0.6) is 0 Å². The van der Waals surface area contributed by atoms with E-state index >= 15 is 0 Å². The molecule has 2 heteroatoms. The molecule has 0 aliphatic carbocycles. The molecule has 2 fully saturated rings. The molecule has 0 unspecified atom stereocenters. The lowest BCUT2D eigenvalue weighted by atomic mass is 10.00. The fourth-order valence-electron chi connectivity index (χ4n) is 2.53. The van der Waals surface area contributed by atoms with Crippen molar-refractivity contribution in [1.29, 1.82) is 0 Å². The Morgan fingerprint density at radius 1 is 1.25 bits per heavy atom. The van der Waals surface area contributed by atoms with E-state index in [1.807, 2.05) is 0 Å². The summed E-state index contributed by atoms with van der Waals surface area (Å²) in [6.07, 6.45) is 5.56. The highest BCUT2D eigenvalue weighted by molar-refractivity contribution is 4.92. The van der Waals surface area contributed by atoms with E-state index in [0.29, 0.717) is 5.54 Å². The molecule has 0 amide bonds. The van der Waals surface area contributed by atoms with Gasteiger partial charge in [-0.2, -0.15) is 0 Å². The van der Waals surface area contributed by atoms with Gasteiger partial charge in [0.1, 0.15) is 0 Å². The summed E-state index contributed by atoms with van der Waals surface area (Å²) < 4.78 is 0. The summed E-state index contributed by atoms with van der Waals surface area (Å²) in [5, 5.41) is 3.62. The molecular formula is C10H20N2. The Kier molecular flexibility index (Phi) is 2.37. The zero-order valence-corrected chi connectivity index (χ0v) is 8.10. The third-order valence-corrected chi connectivity index (χ3v) is 3.23. The second-order valence-corrected chi connectivity index (χ2v) is 4.57. The lowest BCUT2D eigenvalue weighted by Crippen LogP contribution is -2.46. The van der Waals surface area contributed by atoms with Crippen LogP contribution in [0.4, 0.5) is 0 Å². The van der Waals surface area contributed by atoms with Gasteiger partial charge in [-0.1, -0.05) is 0 Å². The molecule has 2 nitrogen and oxygen atoms in total. The van der Waals surface area contributed by atoms with Gasteiger partial charge >= 0.3 is 0 Å². The molecule has 1 atom stereocenters. The third-order valence-electron chi connectivity index (χ3n) is 3.23. The van der Waals surface area contributed by atoms with Crippen LogP contribution >= 0.6 is 0 Å². The molecule has 0 bridgehead atoms. The number of rotatable bonds is 2. The second-order valence-electron chi connectivity index (χ2n) is 4.57. The Bertz CT molecular complexity index is 144. The van der Waals surface area contributed by atoms with Gasteiger partial charge in [-0.15, -0.1) is 0 Å². The van der Waals surface area contributed by atoms with Crippen LogP contribution in [0.15, 0.2) is 0 Å². The van der Waals surface area contributed by atoms with Gasteiger partial charge in [-0.3, -0.25) is 0 Å². The number of nitrogens with zero attached hydrogens (tertiary/aromatic N) is 1. The molecule has 0 aromatic heterocycles. The first-order valence-corrected chi connectivity index (χ1v) is 5.26. The second kappa shape index (κ2) is 3.35. The first-order valence-electron chi connectivity index (χ1n) is 5.26. The zero-order chi connectivity index (χ0) is 8.44. The van der Waals surface area contributed by atoms with E-state index in [9.17, 15) is 0 Å². The van der Waals surface area contributed by atoms with Crippen LogP contribution in [-0.2, 0) is 0 Å². The minimum Gasteiger partial charge on any atom is -0.310 e. The van der Waals surface area contributed by atoms with Crippen LogP contribution in [0.1, 0.15) is 32.6 Å². The number of likely N-dealkylation sites (tertiary alicyclic amines) is 1. The van der Waals surface area contributed by atoms with Gasteiger partial charge in [0.2, 0.25) is 0 Å². The topological polar surface area (TPSA) is 15.3 Å². The zero-order valence-electron chi connectivity index (χ0n) is 8.10. The van der Waals surface area contributed by atoms with Gasteiger partial charge in [0, 0.05) is 12.1 Å². The minimum atomic E-state index is 0.435.